The molecular weight excluding hydrogens is 256 g/mol. The lowest BCUT2D eigenvalue weighted by Gasteiger charge is -2.33. The second-order valence-corrected chi connectivity index (χ2v) is 4.89. The number of amides is 1. The highest BCUT2D eigenvalue weighted by molar-refractivity contribution is 6.06. The van der Waals surface area contributed by atoms with E-state index >= 15 is 0 Å². The molecule has 0 aromatic rings. The number of carbonyl (C=O) groups is 2. The topological polar surface area (TPSA) is 134 Å². The molecule has 0 heterocycles. The van der Waals surface area contributed by atoms with Crippen molar-refractivity contribution in [3.63, 3.8) is 0 Å². The fraction of sp³-hybridized carbons (Fsp3) is 0.818. The third-order valence-corrected chi connectivity index (χ3v) is 2.20. The zero-order chi connectivity index (χ0) is 15.3. The van der Waals surface area contributed by atoms with E-state index in [1.165, 1.54) is 0 Å². The van der Waals surface area contributed by atoms with Crippen LogP contribution in [0.3, 0.4) is 0 Å². The molecule has 0 aromatic carbocycles. The molecule has 0 rings (SSSR count). The average Bonchev–Trinajstić information content (AvgIpc) is 2.24. The van der Waals surface area contributed by atoms with Gasteiger partial charge in [0.2, 0.25) is 0 Å². The van der Waals surface area contributed by atoms with Crippen LogP contribution in [-0.4, -0.2) is 47.5 Å². The van der Waals surface area contributed by atoms with E-state index in [0.29, 0.717) is 0 Å². The van der Waals surface area contributed by atoms with Gasteiger partial charge in [0.1, 0.15) is 11.7 Å². The lowest BCUT2D eigenvalue weighted by atomic mass is 9.95. The Hall–Kier alpha value is -1.22. The number of ether oxygens (including phenoxy) is 2. The van der Waals surface area contributed by atoms with E-state index < -0.39 is 29.2 Å². The molecule has 0 saturated heterocycles. The van der Waals surface area contributed by atoms with Crippen molar-refractivity contribution in [1.29, 1.82) is 0 Å². The molecule has 2 atom stereocenters. The van der Waals surface area contributed by atoms with Crippen LogP contribution in [0.15, 0.2) is 0 Å². The molecule has 0 aliphatic heterocycles. The maximum absolute atomic E-state index is 12.0. The van der Waals surface area contributed by atoms with Crippen LogP contribution in [-0.2, 0) is 23.9 Å². The summed E-state index contributed by atoms with van der Waals surface area (Å²) in [6, 6.07) is 0. The van der Waals surface area contributed by atoms with Crippen LogP contribution in [0.1, 0.15) is 27.7 Å². The highest BCUT2D eigenvalue weighted by Crippen LogP contribution is 2.21. The van der Waals surface area contributed by atoms with Gasteiger partial charge in [-0.1, -0.05) is 0 Å². The smallest absolute Gasteiger partial charge is 0.353 e. The van der Waals surface area contributed by atoms with E-state index in [4.69, 9.17) is 21.1 Å². The number of aliphatic hydroxyl groups excluding tert-OH is 1. The largest absolute Gasteiger partial charge is 0.457 e. The average molecular weight is 278 g/mol. The normalized spacial score (nSPS) is 16.5. The molecule has 5 N–H and O–H groups in total. The Labute approximate surface area is 111 Å². The van der Waals surface area contributed by atoms with E-state index in [2.05, 4.69) is 4.84 Å². The zero-order valence-electron chi connectivity index (χ0n) is 11.6. The van der Waals surface area contributed by atoms with Crippen LogP contribution in [0, 0.1) is 0 Å². The first-order valence-electron chi connectivity index (χ1n) is 5.78. The van der Waals surface area contributed by atoms with Crippen molar-refractivity contribution in [3.8, 4) is 0 Å². The van der Waals surface area contributed by atoms with Gasteiger partial charge in [0.15, 0.2) is 0 Å². The molecule has 8 nitrogen and oxygen atoms in total. The van der Waals surface area contributed by atoms with E-state index in [0.717, 1.165) is 0 Å². The van der Waals surface area contributed by atoms with Crippen molar-refractivity contribution >= 4 is 11.9 Å². The first-order chi connectivity index (χ1) is 8.61. The van der Waals surface area contributed by atoms with Crippen molar-refractivity contribution in [1.82, 2.24) is 0 Å². The fourth-order valence-electron chi connectivity index (χ4n) is 1.29. The Morgan fingerprint density at radius 1 is 1.32 bits per heavy atom. The summed E-state index contributed by atoms with van der Waals surface area (Å²) in [6.07, 6.45) is -1.68. The van der Waals surface area contributed by atoms with Crippen molar-refractivity contribution < 1.29 is 29.0 Å². The van der Waals surface area contributed by atoms with Crippen LogP contribution in [0.5, 0.6) is 0 Å². The summed E-state index contributed by atoms with van der Waals surface area (Å²) in [4.78, 5) is 27.9. The van der Waals surface area contributed by atoms with Crippen molar-refractivity contribution in [2.75, 3.05) is 13.2 Å². The van der Waals surface area contributed by atoms with Crippen LogP contribution in [0.4, 0.5) is 0 Å². The third-order valence-electron chi connectivity index (χ3n) is 2.20. The minimum atomic E-state index is -2.50. The first kappa shape index (κ1) is 17.8. The van der Waals surface area contributed by atoms with E-state index in [9.17, 15) is 14.7 Å². The molecule has 0 aromatic heterocycles. The number of aliphatic hydroxyl groups is 1. The molecule has 2 unspecified atom stereocenters. The Morgan fingerprint density at radius 3 is 2.16 bits per heavy atom. The summed E-state index contributed by atoms with van der Waals surface area (Å²) < 4.78 is 9.93. The second kappa shape index (κ2) is 6.80. The summed E-state index contributed by atoms with van der Waals surface area (Å²) >= 11 is 0. The fourth-order valence-corrected chi connectivity index (χ4v) is 1.29. The Balaban J connectivity index is 5.28. The van der Waals surface area contributed by atoms with Crippen LogP contribution >= 0.6 is 0 Å². The number of rotatable bonds is 7. The number of primary amides is 1. The number of nitrogens with two attached hydrogens (primary N) is 2. The molecule has 0 aliphatic carbocycles. The molecule has 0 aliphatic rings. The van der Waals surface area contributed by atoms with Crippen molar-refractivity contribution in [3.05, 3.63) is 0 Å². The predicted octanol–water partition coefficient (Wildman–Crippen LogP) is -1.16. The highest BCUT2D eigenvalue weighted by Gasteiger charge is 2.55. The molecule has 0 saturated carbocycles. The maximum atomic E-state index is 12.0. The number of esters is 1. The van der Waals surface area contributed by atoms with Gasteiger partial charge in [-0.2, -0.15) is 0 Å². The van der Waals surface area contributed by atoms with Gasteiger partial charge < -0.3 is 20.3 Å². The standard InChI is InChI=1S/C11H22N2O6/c1-5-17-6-7(14)11(19-13,8(12)15)9(16)18-10(2,3)4/h7,14H,5-6,13H2,1-4H3,(H2,12,15). The molecule has 19 heavy (non-hydrogen) atoms. The van der Waals surface area contributed by atoms with Gasteiger partial charge >= 0.3 is 5.97 Å². The lowest BCUT2D eigenvalue weighted by molar-refractivity contribution is -0.205. The van der Waals surface area contributed by atoms with Crippen LogP contribution in [0.2, 0.25) is 0 Å². The van der Waals surface area contributed by atoms with Gasteiger partial charge in [-0.25, -0.2) is 10.7 Å². The van der Waals surface area contributed by atoms with Gasteiger partial charge in [0.25, 0.3) is 11.5 Å². The van der Waals surface area contributed by atoms with E-state index in [1.54, 1.807) is 27.7 Å². The summed E-state index contributed by atoms with van der Waals surface area (Å²) in [6.45, 7) is 6.35. The van der Waals surface area contributed by atoms with Gasteiger partial charge in [0, 0.05) is 6.61 Å². The molecule has 0 radical (unpaired) electrons. The van der Waals surface area contributed by atoms with Gasteiger partial charge in [-0.3, -0.25) is 9.63 Å². The zero-order valence-corrected chi connectivity index (χ0v) is 11.6. The number of hydrogen-bond acceptors (Lipinski definition) is 7. The molecule has 1 amide bonds. The van der Waals surface area contributed by atoms with E-state index in [-0.39, 0.29) is 13.2 Å². The maximum Gasteiger partial charge on any atom is 0.353 e. The highest BCUT2D eigenvalue weighted by atomic mass is 16.7. The molecule has 8 heteroatoms. The Kier molecular flexibility index (Phi) is 6.37. The monoisotopic (exact) mass is 278 g/mol. The van der Waals surface area contributed by atoms with Crippen LogP contribution < -0.4 is 11.6 Å². The quantitative estimate of drug-likeness (QED) is 0.304. The van der Waals surface area contributed by atoms with Gasteiger partial charge in [-0.15, -0.1) is 0 Å². The SMILES string of the molecule is CCOCC(O)C(ON)(C(N)=O)C(=O)OC(C)(C)C. The molecule has 0 bridgehead atoms. The first-order valence-corrected chi connectivity index (χ1v) is 5.78. The van der Waals surface area contributed by atoms with Crippen LogP contribution in [0.25, 0.3) is 0 Å². The minimum absolute atomic E-state index is 0.269. The summed E-state index contributed by atoms with van der Waals surface area (Å²) in [5.74, 6) is 2.57. The van der Waals surface area contributed by atoms with Gasteiger partial charge in [-0.05, 0) is 27.7 Å². The van der Waals surface area contributed by atoms with E-state index in [1.807, 2.05) is 0 Å². The summed E-state index contributed by atoms with van der Waals surface area (Å²) in [7, 11) is 0. The lowest BCUT2D eigenvalue weighted by Crippen LogP contribution is -2.64. The van der Waals surface area contributed by atoms with Crippen molar-refractivity contribution in [2.24, 2.45) is 11.6 Å². The Bertz CT molecular complexity index is 328. The summed E-state index contributed by atoms with van der Waals surface area (Å²) in [5.41, 5.74) is 1.72. The predicted molar refractivity (Wildman–Crippen MR) is 65.5 cm³/mol. The Morgan fingerprint density at radius 2 is 1.84 bits per heavy atom. The van der Waals surface area contributed by atoms with Crippen molar-refractivity contribution in [2.45, 2.75) is 45.0 Å². The third kappa shape index (κ3) is 4.43. The number of carbonyl (C=O) groups excluding carboxylic acids is 2. The number of hydrogen-bond donors (Lipinski definition) is 3. The molecule has 112 valence electrons. The minimum Gasteiger partial charge on any atom is -0.457 e. The second-order valence-electron chi connectivity index (χ2n) is 4.89. The molecular formula is C11H22N2O6. The van der Waals surface area contributed by atoms with Gasteiger partial charge in [0.05, 0.1) is 6.61 Å². The molecule has 0 spiro atoms. The summed E-state index contributed by atoms with van der Waals surface area (Å²) in [5, 5.41) is 9.90. The molecule has 0 fully saturated rings.